The Labute approximate surface area is 238 Å². The second-order valence-corrected chi connectivity index (χ2v) is 10.9. The minimum Gasteiger partial charge on any atom is -0.497 e. The van der Waals surface area contributed by atoms with Gasteiger partial charge in [0.1, 0.15) is 18.1 Å². The van der Waals surface area contributed by atoms with E-state index in [2.05, 4.69) is 0 Å². The minimum atomic E-state index is -4.19. The van der Waals surface area contributed by atoms with Crippen LogP contribution in [0.4, 0.5) is 5.69 Å². The second kappa shape index (κ2) is 12.6. The van der Waals surface area contributed by atoms with Gasteiger partial charge in [0.05, 0.1) is 47.9 Å². The maximum Gasteiger partial charge on any atom is 0.338 e. The van der Waals surface area contributed by atoms with Crippen LogP contribution in [0.1, 0.15) is 37.4 Å². The molecule has 0 aliphatic carbocycles. The number of rotatable bonds is 10. The normalized spacial score (nSPS) is 11.0. The zero-order chi connectivity index (χ0) is 29.6. The van der Waals surface area contributed by atoms with Crippen LogP contribution in [0.3, 0.4) is 0 Å². The zero-order valence-electron chi connectivity index (χ0n) is 22.7. The largest absolute Gasteiger partial charge is 0.497 e. The number of esters is 2. The van der Waals surface area contributed by atoms with E-state index in [1.807, 2.05) is 30.3 Å². The quantitative estimate of drug-likeness (QED) is 0.208. The highest BCUT2D eigenvalue weighted by molar-refractivity contribution is 7.91. The van der Waals surface area contributed by atoms with Crippen LogP contribution < -0.4 is 15.2 Å². The first-order valence-corrected chi connectivity index (χ1v) is 13.9. The number of carbonyl (C=O) groups excluding carboxylic acids is 2. The fourth-order valence-corrected chi connectivity index (χ4v) is 5.64. The van der Waals surface area contributed by atoms with Crippen LogP contribution >= 0.6 is 0 Å². The maximum atomic E-state index is 13.8. The predicted molar refractivity (Wildman–Crippen MR) is 152 cm³/mol. The van der Waals surface area contributed by atoms with Crippen molar-refractivity contribution < 1.29 is 37.0 Å². The highest BCUT2D eigenvalue weighted by atomic mass is 32.2. The van der Waals surface area contributed by atoms with E-state index < -0.39 is 21.8 Å². The summed E-state index contributed by atoms with van der Waals surface area (Å²) in [5, 5.41) is 0. The van der Waals surface area contributed by atoms with Gasteiger partial charge in [-0.3, -0.25) is 0 Å². The number of anilines is 1. The minimum absolute atomic E-state index is 0.00804. The molecule has 0 spiro atoms. The average Bonchev–Trinajstić information content (AvgIpc) is 3.00. The van der Waals surface area contributed by atoms with E-state index in [-0.39, 0.29) is 39.8 Å². The van der Waals surface area contributed by atoms with E-state index in [9.17, 15) is 18.0 Å². The first-order valence-electron chi connectivity index (χ1n) is 12.5. The standard InChI is InChI=1S/C31H29NO8S/c1-37-23-13-15-24(16-14-23)41(35,36)27-18-26(31(34)39-3)25(17-20-7-5-4-6-8-20)29(28(27)32)40-19-21-9-11-22(12-10-21)30(33)38-2/h4-16,18H,17,19,32H2,1-3H3. The monoisotopic (exact) mass is 575 g/mol. The summed E-state index contributed by atoms with van der Waals surface area (Å²) in [6.07, 6.45) is 0.217. The van der Waals surface area contributed by atoms with Gasteiger partial charge in [-0.1, -0.05) is 42.5 Å². The Morgan fingerprint density at radius 1 is 0.780 bits per heavy atom. The molecule has 0 saturated carbocycles. The molecule has 0 bridgehead atoms. The summed E-state index contributed by atoms with van der Waals surface area (Å²) in [6, 6.07) is 22.9. The molecule has 0 fully saturated rings. The van der Waals surface area contributed by atoms with Crippen molar-refractivity contribution in [1.29, 1.82) is 0 Å². The van der Waals surface area contributed by atoms with Gasteiger partial charge in [0, 0.05) is 12.0 Å². The average molecular weight is 576 g/mol. The van der Waals surface area contributed by atoms with Gasteiger partial charge in [0.2, 0.25) is 9.84 Å². The first kappa shape index (κ1) is 29.2. The lowest BCUT2D eigenvalue weighted by Crippen LogP contribution is -2.15. The molecule has 0 aromatic heterocycles. The van der Waals surface area contributed by atoms with Gasteiger partial charge >= 0.3 is 11.9 Å². The summed E-state index contributed by atoms with van der Waals surface area (Å²) in [7, 11) is -0.209. The Hall–Kier alpha value is -4.83. The number of hydrogen-bond donors (Lipinski definition) is 1. The van der Waals surface area contributed by atoms with Gasteiger partial charge in [0.25, 0.3) is 0 Å². The van der Waals surface area contributed by atoms with Crippen LogP contribution in [0.15, 0.2) is 94.7 Å². The van der Waals surface area contributed by atoms with Crippen LogP contribution in [0.2, 0.25) is 0 Å². The van der Waals surface area contributed by atoms with Crippen molar-refractivity contribution in [3.05, 3.63) is 113 Å². The van der Waals surface area contributed by atoms with E-state index >= 15 is 0 Å². The van der Waals surface area contributed by atoms with Gasteiger partial charge in [-0.2, -0.15) is 0 Å². The van der Waals surface area contributed by atoms with Gasteiger partial charge in [-0.05, 0) is 53.6 Å². The lowest BCUT2D eigenvalue weighted by atomic mass is 9.97. The number of hydrogen-bond acceptors (Lipinski definition) is 9. The Kier molecular flexibility index (Phi) is 8.94. The number of nitrogen functional groups attached to an aromatic ring is 1. The lowest BCUT2D eigenvalue weighted by molar-refractivity contribution is 0.0591. The summed E-state index contributed by atoms with van der Waals surface area (Å²) in [6.45, 7) is -0.0277. The number of methoxy groups -OCH3 is 3. The molecule has 0 unspecified atom stereocenters. The smallest absolute Gasteiger partial charge is 0.338 e. The van der Waals surface area contributed by atoms with Crippen LogP contribution in [0.25, 0.3) is 0 Å². The van der Waals surface area contributed by atoms with Crippen LogP contribution in [0.5, 0.6) is 11.5 Å². The molecule has 0 amide bonds. The van der Waals surface area contributed by atoms with Crippen LogP contribution in [-0.4, -0.2) is 41.7 Å². The molecule has 2 N–H and O–H groups in total. The van der Waals surface area contributed by atoms with Gasteiger partial charge < -0.3 is 24.7 Å². The van der Waals surface area contributed by atoms with Crippen LogP contribution in [-0.2, 0) is 32.3 Å². The Morgan fingerprint density at radius 3 is 2.00 bits per heavy atom. The third kappa shape index (κ3) is 6.33. The van der Waals surface area contributed by atoms with Crippen LogP contribution in [0, 0.1) is 0 Å². The molecule has 41 heavy (non-hydrogen) atoms. The number of nitrogens with two attached hydrogens (primary N) is 1. The topological polar surface area (TPSA) is 131 Å². The Balaban J connectivity index is 1.86. The summed E-state index contributed by atoms with van der Waals surface area (Å²) in [5.74, 6) is -0.700. The molecule has 212 valence electrons. The molecule has 0 saturated heterocycles. The number of carbonyl (C=O) groups is 2. The molecule has 0 radical (unpaired) electrons. The maximum absolute atomic E-state index is 13.8. The summed E-state index contributed by atoms with van der Waals surface area (Å²) in [4.78, 5) is 24.5. The number of sulfone groups is 1. The van der Waals surface area contributed by atoms with Gasteiger partial charge in [-0.25, -0.2) is 18.0 Å². The van der Waals surface area contributed by atoms with Crippen molar-refractivity contribution >= 4 is 27.5 Å². The predicted octanol–water partition coefficient (Wildman–Crippen LogP) is 4.85. The van der Waals surface area contributed by atoms with Crippen molar-refractivity contribution in [3.63, 3.8) is 0 Å². The molecule has 4 aromatic carbocycles. The molecule has 10 heteroatoms. The number of ether oxygens (including phenoxy) is 4. The van der Waals surface area contributed by atoms with Crippen molar-refractivity contribution in [2.24, 2.45) is 0 Å². The van der Waals surface area contributed by atoms with E-state index in [1.54, 1.807) is 24.3 Å². The molecule has 4 rings (SSSR count). The Morgan fingerprint density at radius 2 is 1.41 bits per heavy atom. The van der Waals surface area contributed by atoms with Gasteiger partial charge in [0.15, 0.2) is 0 Å². The van der Waals surface area contributed by atoms with E-state index in [4.69, 9.17) is 24.7 Å². The fraction of sp³-hybridized carbons (Fsp3) is 0.161. The van der Waals surface area contributed by atoms with Crippen molar-refractivity contribution in [3.8, 4) is 11.5 Å². The number of benzene rings is 4. The van der Waals surface area contributed by atoms with E-state index in [0.29, 0.717) is 22.4 Å². The first-order chi connectivity index (χ1) is 19.7. The molecule has 0 atom stereocenters. The molecule has 4 aromatic rings. The molecule has 0 aliphatic heterocycles. The second-order valence-electron chi connectivity index (χ2n) is 8.95. The molecular weight excluding hydrogens is 546 g/mol. The van der Waals surface area contributed by atoms with Crippen molar-refractivity contribution in [2.75, 3.05) is 27.1 Å². The third-order valence-electron chi connectivity index (χ3n) is 6.43. The van der Waals surface area contributed by atoms with Gasteiger partial charge in [-0.15, -0.1) is 0 Å². The Bertz CT molecular complexity index is 1650. The highest BCUT2D eigenvalue weighted by Crippen LogP contribution is 2.40. The summed E-state index contributed by atoms with van der Waals surface area (Å²) >= 11 is 0. The fourth-order valence-electron chi connectivity index (χ4n) is 4.24. The molecule has 9 nitrogen and oxygen atoms in total. The molecule has 0 heterocycles. The summed E-state index contributed by atoms with van der Waals surface area (Å²) in [5.41, 5.74) is 8.64. The SMILES string of the molecule is COC(=O)c1ccc(COc2c(N)c(S(=O)(=O)c3ccc(OC)cc3)cc(C(=O)OC)c2Cc2ccccc2)cc1. The molecule has 0 aliphatic rings. The van der Waals surface area contributed by atoms with Crippen molar-refractivity contribution in [2.45, 2.75) is 22.8 Å². The summed E-state index contributed by atoms with van der Waals surface area (Å²) < 4.78 is 48.6. The van der Waals surface area contributed by atoms with Crippen molar-refractivity contribution in [1.82, 2.24) is 0 Å². The van der Waals surface area contributed by atoms with E-state index in [1.165, 1.54) is 51.7 Å². The zero-order valence-corrected chi connectivity index (χ0v) is 23.6. The third-order valence-corrected chi connectivity index (χ3v) is 8.24. The van der Waals surface area contributed by atoms with E-state index in [0.717, 1.165) is 5.56 Å². The highest BCUT2D eigenvalue weighted by Gasteiger charge is 2.29. The lowest BCUT2D eigenvalue weighted by Gasteiger charge is -2.20. The molecular formula is C31H29NO8S.